The van der Waals surface area contributed by atoms with Crippen LogP contribution in [-0.4, -0.2) is 33.7 Å². The van der Waals surface area contributed by atoms with Crippen LogP contribution in [0.15, 0.2) is 4.34 Å². The van der Waals surface area contributed by atoms with E-state index in [2.05, 4.69) is 10.2 Å². The lowest BCUT2D eigenvalue weighted by atomic mass is 10.3. The van der Waals surface area contributed by atoms with Gasteiger partial charge in [-0.15, -0.1) is 10.2 Å². The molecule has 74 valence electrons. The SMILES string of the molecule is Cc1nnc(SCC(N)CCO)s1. The molecule has 0 saturated carbocycles. The fourth-order valence-electron chi connectivity index (χ4n) is 0.764. The fourth-order valence-corrected chi connectivity index (χ4v) is 2.60. The van der Waals surface area contributed by atoms with E-state index in [4.69, 9.17) is 10.8 Å². The second-order valence-corrected chi connectivity index (χ2v) is 5.12. The van der Waals surface area contributed by atoms with Crippen LogP contribution in [0.3, 0.4) is 0 Å². The van der Waals surface area contributed by atoms with Gasteiger partial charge in [-0.2, -0.15) is 0 Å². The van der Waals surface area contributed by atoms with Crippen molar-refractivity contribution in [2.24, 2.45) is 5.73 Å². The number of rotatable bonds is 5. The largest absolute Gasteiger partial charge is 0.396 e. The second kappa shape index (κ2) is 5.54. The third kappa shape index (κ3) is 4.04. The number of hydrogen-bond donors (Lipinski definition) is 2. The summed E-state index contributed by atoms with van der Waals surface area (Å²) in [6.45, 7) is 2.08. The number of aliphatic hydroxyl groups excluding tert-OH is 1. The van der Waals surface area contributed by atoms with E-state index in [9.17, 15) is 0 Å². The first-order valence-electron chi connectivity index (χ1n) is 4.01. The monoisotopic (exact) mass is 219 g/mol. The zero-order valence-electron chi connectivity index (χ0n) is 7.43. The van der Waals surface area contributed by atoms with Gasteiger partial charge in [0.25, 0.3) is 0 Å². The molecule has 1 atom stereocenters. The normalized spacial score (nSPS) is 13.2. The van der Waals surface area contributed by atoms with Crippen molar-refractivity contribution in [3.63, 3.8) is 0 Å². The molecular formula is C7H13N3OS2. The van der Waals surface area contributed by atoms with Crippen LogP contribution in [-0.2, 0) is 0 Å². The Balaban J connectivity index is 2.26. The number of aryl methyl sites for hydroxylation is 1. The van der Waals surface area contributed by atoms with E-state index in [0.29, 0.717) is 6.42 Å². The summed E-state index contributed by atoms with van der Waals surface area (Å²) in [4.78, 5) is 0. The zero-order chi connectivity index (χ0) is 9.68. The smallest absolute Gasteiger partial charge is 0.174 e. The average molecular weight is 219 g/mol. The van der Waals surface area contributed by atoms with Crippen molar-refractivity contribution in [1.82, 2.24) is 10.2 Å². The van der Waals surface area contributed by atoms with Crippen molar-refractivity contribution < 1.29 is 5.11 Å². The number of aromatic nitrogens is 2. The van der Waals surface area contributed by atoms with E-state index < -0.39 is 0 Å². The lowest BCUT2D eigenvalue weighted by Gasteiger charge is -2.06. The van der Waals surface area contributed by atoms with Crippen LogP contribution < -0.4 is 5.73 Å². The van der Waals surface area contributed by atoms with Crippen LogP contribution in [0.25, 0.3) is 0 Å². The Bertz CT molecular complexity index is 254. The molecule has 0 saturated heterocycles. The minimum atomic E-state index is 0.0409. The number of thioether (sulfide) groups is 1. The quantitative estimate of drug-likeness (QED) is 0.711. The van der Waals surface area contributed by atoms with Gasteiger partial charge in [-0.3, -0.25) is 0 Å². The van der Waals surface area contributed by atoms with E-state index in [1.54, 1.807) is 23.1 Å². The first-order valence-corrected chi connectivity index (χ1v) is 5.82. The van der Waals surface area contributed by atoms with Crippen LogP contribution in [0.5, 0.6) is 0 Å². The van der Waals surface area contributed by atoms with Crippen LogP contribution in [0, 0.1) is 6.92 Å². The minimum Gasteiger partial charge on any atom is -0.396 e. The maximum absolute atomic E-state index is 8.62. The van der Waals surface area contributed by atoms with Crippen molar-refractivity contribution in [2.75, 3.05) is 12.4 Å². The third-order valence-corrected chi connectivity index (χ3v) is 3.59. The number of nitrogens with two attached hydrogens (primary N) is 1. The Hall–Kier alpha value is -0.170. The number of nitrogens with zero attached hydrogens (tertiary/aromatic N) is 2. The maximum atomic E-state index is 8.62. The van der Waals surface area contributed by atoms with Crippen LogP contribution in [0.2, 0.25) is 0 Å². The molecule has 0 aromatic carbocycles. The summed E-state index contributed by atoms with van der Waals surface area (Å²) < 4.78 is 0.950. The average Bonchev–Trinajstić information content (AvgIpc) is 2.49. The summed E-state index contributed by atoms with van der Waals surface area (Å²) in [6.07, 6.45) is 0.644. The van der Waals surface area contributed by atoms with Crippen molar-refractivity contribution in [3.8, 4) is 0 Å². The zero-order valence-corrected chi connectivity index (χ0v) is 9.07. The lowest BCUT2D eigenvalue weighted by molar-refractivity contribution is 0.279. The summed E-state index contributed by atoms with van der Waals surface area (Å²) >= 11 is 3.17. The molecule has 0 aliphatic rings. The topological polar surface area (TPSA) is 72.0 Å². The van der Waals surface area contributed by atoms with Crippen molar-refractivity contribution in [2.45, 2.75) is 23.7 Å². The standard InChI is InChI=1S/C7H13N3OS2/c1-5-9-10-7(13-5)12-4-6(8)2-3-11/h6,11H,2-4,8H2,1H3. The van der Waals surface area contributed by atoms with E-state index in [-0.39, 0.29) is 12.6 Å². The molecule has 0 aliphatic carbocycles. The Morgan fingerprint density at radius 1 is 1.62 bits per heavy atom. The van der Waals surface area contributed by atoms with E-state index in [1.165, 1.54) is 0 Å². The predicted molar refractivity (Wildman–Crippen MR) is 55.0 cm³/mol. The van der Waals surface area contributed by atoms with Crippen molar-refractivity contribution in [3.05, 3.63) is 5.01 Å². The Labute approximate surface area is 85.6 Å². The highest BCUT2D eigenvalue weighted by atomic mass is 32.2. The first-order chi connectivity index (χ1) is 6.22. The van der Waals surface area contributed by atoms with Gasteiger partial charge in [0.05, 0.1) is 0 Å². The molecule has 1 unspecified atom stereocenters. The molecule has 0 aliphatic heterocycles. The molecule has 0 fully saturated rings. The molecule has 13 heavy (non-hydrogen) atoms. The van der Waals surface area contributed by atoms with E-state index in [0.717, 1.165) is 15.1 Å². The Kier molecular flexibility index (Phi) is 4.65. The van der Waals surface area contributed by atoms with Gasteiger partial charge in [0.1, 0.15) is 5.01 Å². The second-order valence-electron chi connectivity index (χ2n) is 2.67. The van der Waals surface area contributed by atoms with Gasteiger partial charge in [-0.1, -0.05) is 23.1 Å². The molecule has 1 rings (SSSR count). The number of hydrogen-bond acceptors (Lipinski definition) is 6. The minimum absolute atomic E-state index is 0.0409. The molecular weight excluding hydrogens is 206 g/mol. The van der Waals surface area contributed by atoms with Gasteiger partial charge in [-0.05, 0) is 13.3 Å². The Morgan fingerprint density at radius 3 is 2.92 bits per heavy atom. The summed E-state index contributed by atoms with van der Waals surface area (Å²) in [5.41, 5.74) is 5.71. The molecule has 1 heterocycles. The molecule has 4 nitrogen and oxygen atoms in total. The van der Waals surface area contributed by atoms with Gasteiger partial charge in [0, 0.05) is 18.4 Å². The third-order valence-electron chi connectivity index (χ3n) is 1.43. The molecule has 3 N–H and O–H groups in total. The summed E-state index contributed by atoms with van der Waals surface area (Å²) in [6, 6.07) is 0.0409. The summed E-state index contributed by atoms with van der Waals surface area (Å²) in [5.74, 6) is 0.787. The van der Waals surface area contributed by atoms with Gasteiger partial charge in [-0.25, -0.2) is 0 Å². The molecule has 6 heteroatoms. The van der Waals surface area contributed by atoms with Gasteiger partial charge in [0.15, 0.2) is 4.34 Å². The van der Waals surface area contributed by atoms with Crippen molar-refractivity contribution >= 4 is 23.1 Å². The first kappa shape index (κ1) is 10.9. The summed E-state index contributed by atoms with van der Waals surface area (Å²) in [5, 5.41) is 17.5. The fraction of sp³-hybridized carbons (Fsp3) is 0.714. The molecule has 0 bridgehead atoms. The van der Waals surface area contributed by atoms with Gasteiger partial charge >= 0.3 is 0 Å². The van der Waals surface area contributed by atoms with Crippen LogP contribution in [0.4, 0.5) is 0 Å². The summed E-state index contributed by atoms with van der Waals surface area (Å²) in [7, 11) is 0. The highest BCUT2D eigenvalue weighted by Gasteiger charge is 2.05. The van der Waals surface area contributed by atoms with E-state index in [1.807, 2.05) is 6.92 Å². The maximum Gasteiger partial charge on any atom is 0.174 e. The highest BCUT2D eigenvalue weighted by molar-refractivity contribution is 8.01. The highest BCUT2D eigenvalue weighted by Crippen LogP contribution is 2.22. The lowest BCUT2D eigenvalue weighted by Crippen LogP contribution is -2.23. The molecule has 0 radical (unpaired) electrons. The van der Waals surface area contributed by atoms with Crippen molar-refractivity contribution in [1.29, 1.82) is 0 Å². The van der Waals surface area contributed by atoms with E-state index >= 15 is 0 Å². The number of aliphatic hydroxyl groups is 1. The van der Waals surface area contributed by atoms with Crippen LogP contribution in [0.1, 0.15) is 11.4 Å². The molecule has 0 spiro atoms. The van der Waals surface area contributed by atoms with Gasteiger partial charge in [0.2, 0.25) is 0 Å². The molecule has 1 aromatic heterocycles. The molecule has 1 aromatic rings. The Morgan fingerprint density at radius 2 is 2.38 bits per heavy atom. The van der Waals surface area contributed by atoms with Gasteiger partial charge < -0.3 is 10.8 Å². The predicted octanol–water partition coefficient (Wildman–Crippen LogP) is 0.648. The molecule has 0 amide bonds. The van der Waals surface area contributed by atoms with Crippen LogP contribution >= 0.6 is 23.1 Å².